The van der Waals surface area contributed by atoms with Crippen LogP contribution in [0.4, 0.5) is 13.2 Å². The van der Waals surface area contributed by atoms with Crippen LogP contribution < -0.4 is 5.56 Å². The molecule has 0 aliphatic rings. The number of rotatable bonds is 1. The van der Waals surface area contributed by atoms with Crippen molar-refractivity contribution in [2.24, 2.45) is 14.1 Å². The van der Waals surface area contributed by atoms with Crippen LogP contribution in [-0.2, 0) is 20.3 Å². The van der Waals surface area contributed by atoms with Gasteiger partial charge in [0.15, 0.2) is 5.69 Å². The van der Waals surface area contributed by atoms with E-state index in [0.29, 0.717) is 5.56 Å². The van der Waals surface area contributed by atoms with Gasteiger partial charge < -0.3 is 4.57 Å². The lowest BCUT2D eigenvalue weighted by Gasteiger charge is -2.02. The number of nitrogens with zero attached hydrogens (tertiary/aromatic N) is 3. The summed E-state index contributed by atoms with van der Waals surface area (Å²) in [6.45, 7) is 0. The molecule has 2 heterocycles. The van der Waals surface area contributed by atoms with Gasteiger partial charge >= 0.3 is 6.18 Å². The topological polar surface area (TPSA) is 39.8 Å². The summed E-state index contributed by atoms with van der Waals surface area (Å²) in [6.07, 6.45) is -2.99. The van der Waals surface area contributed by atoms with E-state index < -0.39 is 11.9 Å². The average molecular weight is 257 g/mol. The van der Waals surface area contributed by atoms with Crippen LogP contribution in [0, 0.1) is 0 Å². The lowest BCUT2D eigenvalue weighted by atomic mass is 10.2. The van der Waals surface area contributed by atoms with Crippen LogP contribution >= 0.6 is 0 Å². The van der Waals surface area contributed by atoms with Crippen molar-refractivity contribution in [2.45, 2.75) is 6.18 Å². The van der Waals surface area contributed by atoms with Crippen molar-refractivity contribution in [3.8, 4) is 11.3 Å². The van der Waals surface area contributed by atoms with Crippen LogP contribution in [0.2, 0.25) is 0 Å². The van der Waals surface area contributed by atoms with Gasteiger partial charge in [-0.15, -0.1) is 0 Å². The summed E-state index contributed by atoms with van der Waals surface area (Å²) < 4.78 is 39.9. The van der Waals surface area contributed by atoms with E-state index in [1.54, 1.807) is 13.1 Å². The summed E-state index contributed by atoms with van der Waals surface area (Å²) >= 11 is 0. The Morgan fingerprint density at radius 2 is 1.89 bits per heavy atom. The Labute approximate surface area is 100 Å². The van der Waals surface area contributed by atoms with Crippen LogP contribution in [0.3, 0.4) is 0 Å². The van der Waals surface area contributed by atoms with E-state index in [0.717, 1.165) is 10.7 Å². The van der Waals surface area contributed by atoms with Crippen LogP contribution in [0.25, 0.3) is 11.3 Å². The summed E-state index contributed by atoms with van der Waals surface area (Å²) in [5.41, 5.74) is -0.605. The fourth-order valence-corrected chi connectivity index (χ4v) is 1.58. The van der Waals surface area contributed by atoms with Crippen molar-refractivity contribution in [3.05, 3.63) is 40.4 Å². The first-order valence-corrected chi connectivity index (χ1v) is 5.07. The van der Waals surface area contributed by atoms with Crippen molar-refractivity contribution >= 4 is 0 Å². The molecule has 7 heteroatoms. The maximum Gasteiger partial charge on any atom is 0.435 e. The fraction of sp³-hybridized carbons (Fsp3) is 0.273. The van der Waals surface area contributed by atoms with Crippen molar-refractivity contribution in [1.29, 1.82) is 0 Å². The second-order valence-electron chi connectivity index (χ2n) is 3.90. The zero-order chi connectivity index (χ0) is 13.5. The third-order valence-electron chi connectivity index (χ3n) is 2.57. The SMILES string of the molecule is Cn1nc(C(F)(F)F)cc1-c1ccn(C)c(=O)c1. The van der Waals surface area contributed by atoms with Gasteiger partial charge in [-0.1, -0.05) is 0 Å². The maximum absolute atomic E-state index is 12.5. The van der Waals surface area contributed by atoms with Crippen molar-refractivity contribution in [3.63, 3.8) is 0 Å². The molecule has 0 N–H and O–H groups in total. The minimum absolute atomic E-state index is 0.250. The lowest BCUT2D eigenvalue weighted by Crippen LogP contribution is -2.14. The van der Waals surface area contributed by atoms with Gasteiger partial charge in [0.05, 0.1) is 5.69 Å². The van der Waals surface area contributed by atoms with E-state index in [1.807, 2.05) is 0 Å². The summed E-state index contributed by atoms with van der Waals surface area (Å²) in [7, 11) is 2.97. The lowest BCUT2D eigenvalue weighted by molar-refractivity contribution is -0.141. The highest BCUT2D eigenvalue weighted by Crippen LogP contribution is 2.30. The molecule has 0 bridgehead atoms. The molecule has 0 spiro atoms. The molecule has 2 aromatic rings. The average Bonchev–Trinajstić information content (AvgIpc) is 2.64. The Hall–Kier alpha value is -2.05. The van der Waals surface area contributed by atoms with E-state index in [2.05, 4.69) is 5.10 Å². The van der Waals surface area contributed by atoms with Crippen LogP contribution in [0.5, 0.6) is 0 Å². The Bertz CT molecular complexity index is 640. The van der Waals surface area contributed by atoms with Gasteiger partial charge in [0.1, 0.15) is 0 Å². The first kappa shape index (κ1) is 12.4. The summed E-state index contributed by atoms with van der Waals surface area (Å²) in [4.78, 5) is 11.4. The van der Waals surface area contributed by atoms with Gasteiger partial charge in [-0.25, -0.2) is 0 Å². The standard InChI is InChI=1S/C11H10F3N3O/c1-16-4-3-7(5-10(16)18)8-6-9(11(12,13)14)15-17(8)2/h3-6H,1-2H3. The number of alkyl halides is 3. The Morgan fingerprint density at radius 3 is 2.39 bits per heavy atom. The number of aromatic nitrogens is 3. The zero-order valence-electron chi connectivity index (χ0n) is 9.69. The summed E-state index contributed by atoms with van der Waals surface area (Å²) in [6, 6.07) is 3.77. The van der Waals surface area contributed by atoms with Crippen molar-refractivity contribution in [2.75, 3.05) is 0 Å². The van der Waals surface area contributed by atoms with Crippen molar-refractivity contribution in [1.82, 2.24) is 14.3 Å². The van der Waals surface area contributed by atoms with E-state index in [1.165, 1.54) is 23.9 Å². The van der Waals surface area contributed by atoms with Gasteiger partial charge in [0.2, 0.25) is 0 Å². The maximum atomic E-state index is 12.5. The van der Waals surface area contributed by atoms with Gasteiger partial charge in [0.25, 0.3) is 5.56 Å². The number of halogens is 3. The highest BCUT2D eigenvalue weighted by molar-refractivity contribution is 5.59. The molecule has 18 heavy (non-hydrogen) atoms. The smallest absolute Gasteiger partial charge is 0.319 e. The minimum atomic E-state index is -4.49. The van der Waals surface area contributed by atoms with Gasteiger partial charge in [-0.05, 0) is 12.1 Å². The molecular formula is C11H10F3N3O. The normalized spacial score (nSPS) is 11.8. The summed E-state index contributed by atoms with van der Waals surface area (Å²) in [5, 5.41) is 3.39. The molecule has 2 rings (SSSR count). The minimum Gasteiger partial charge on any atom is -0.319 e. The zero-order valence-corrected chi connectivity index (χ0v) is 9.69. The molecule has 96 valence electrons. The molecule has 0 unspecified atom stereocenters. The van der Waals surface area contributed by atoms with Gasteiger partial charge in [-0.2, -0.15) is 18.3 Å². The molecule has 2 aromatic heterocycles. The highest BCUT2D eigenvalue weighted by atomic mass is 19.4. The molecule has 0 saturated carbocycles. The molecule has 0 fully saturated rings. The second kappa shape index (κ2) is 4.01. The molecule has 0 amide bonds. The third kappa shape index (κ3) is 2.15. The molecule has 0 saturated heterocycles. The predicted molar refractivity (Wildman–Crippen MR) is 58.9 cm³/mol. The molecule has 0 aliphatic carbocycles. The monoisotopic (exact) mass is 257 g/mol. The second-order valence-corrected chi connectivity index (χ2v) is 3.90. The first-order valence-electron chi connectivity index (χ1n) is 5.07. The fourth-order valence-electron chi connectivity index (χ4n) is 1.58. The summed E-state index contributed by atoms with van der Waals surface area (Å²) in [5.74, 6) is 0. The number of hydrogen-bond donors (Lipinski definition) is 0. The van der Waals surface area contributed by atoms with E-state index in [-0.39, 0.29) is 11.3 Å². The Balaban J connectivity index is 2.54. The molecule has 0 atom stereocenters. The third-order valence-corrected chi connectivity index (χ3v) is 2.57. The Kier molecular flexibility index (Phi) is 2.76. The molecule has 0 aliphatic heterocycles. The number of hydrogen-bond acceptors (Lipinski definition) is 2. The molecular weight excluding hydrogens is 247 g/mol. The van der Waals surface area contributed by atoms with E-state index in [4.69, 9.17) is 0 Å². The first-order chi connectivity index (χ1) is 8.29. The van der Waals surface area contributed by atoms with Crippen LogP contribution in [0.15, 0.2) is 29.2 Å². The van der Waals surface area contributed by atoms with Crippen LogP contribution in [0.1, 0.15) is 5.69 Å². The molecule has 0 radical (unpaired) electrons. The van der Waals surface area contributed by atoms with E-state index >= 15 is 0 Å². The largest absolute Gasteiger partial charge is 0.435 e. The number of pyridine rings is 1. The predicted octanol–water partition coefficient (Wildman–Crippen LogP) is 1.80. The van der Waals surface area contributed by atoms with Crippen molar-refractivity contribution < 1.29 is 13.2 Å². The van der Waals surface area contributed by atoms with Crippen LogP contribution in [-0.4, -0.2) is 14.3 Å². The molecule has 4 nitrogen and oxygen atoms in total. The number of aryl methyl sites for hydroxylation is 2. The highest BCUT2D eigenvalue weighted by Gasteiger charge is 2.34. The van der Waals surface area contributed by atoms with E-state index in [9.17, 15) is 18.0 Å². The van der Waals surface area contributed by atoms with Gasteiger partial charge in [0, 0.05) is 31.9 Å². The van der Waals surface area contributed by atoms with Gasteiger partial charge in [-0.3, -0.25) is 9.48 Å². The molecule has 0 aromatic carbocycles. The quantitative estimate of drug-likeness (QED) is 0.781. The Morgan fingerprint density at radius 1 is 1.22 bits per heavy atom.